The largest absolute Gasteiger partial charge is 0.480 e. The van der Waals surface area contributed by atoms with Crippen molar-refractivity contribution in [2.24, 2.45) is 11.5 Å². The van der Waals surface area contributed by atoms with Crippen LogP contribution in [-0.4, -0.2) is 57.3 Å². The number of carboxylic acids is 3. The lowest BCUT2D eigenvalue weighted by atomic mass is 10.1. The summed E-state index contributed by atoms with van der Waals surface area (Å²) in [6.45, 7) is 0. The molecule has 0 fully saturated rings. The van der Waals surface area contributed by atoms with Crippen LogP contribution in [0, 0.1) is 0 Å². The van der Waals surface area contributed by atoms with E-state index in [-0.39, 0.29) is 32.1 Å². The second kappa shape index (κ2) is 9.68. The molecule has 0 unspecified atom stereocenters. The number of aliphatic carboxylic acids is 3. The van der Waals surface area contributed by atoms with E-state index in [0.717, 1.165) is 0 Å². The van der Waals surface area contributed by atoms with Crippen molar-refractivity contribution in [3.8, 4) is 0 Å². The van der Waals surface area contributed by atoms with Crippen molar-refractivity contribution in [2.45, 2.75) is 50.2 Å². The molecular weight excluding hydrogens is 298 g/mol. The fourth-order valence-corrected chi connectivity index (χ4v) is 1.60. The molecule has 0 heterocycles. The quantitative estimate of drug-likeness (QED) is 0.258. The predicted octanol–water partition coefficient (Wildman–Crippen LogP) is -1.67. The first-order valence-corrected chi connectivity index (χ1v) is 6.64. The Morgan fingerprint density at radius 2 is 1.32 bits per heavy atom. The van der Waals surface area contributed by atoms with E-state index in [1.54, 1.807) is 0 Å². The van der Waals surface area contributed by atoms with Gasteiger partial charge < -0.3 is 32.1 Å². The molecule has 0 aromatic heterocycles. The second-order valence-electron chi connectivity index (χ2n) is 4.82. The van der Waals surface area contributed by atoms with Crippen molar-refractivity contribution in [1.29, 1.82) is 0 Å². The number of carbonyl (C=O) groups is 4. The van der Waals surface area contributed by atoms with Crippen LogP contribution in [0.3, 0.4) is 0 Å². The third-order valence-corrected chi connectivity index (χ3v) is 2.96. The SMILES string of the molecule is N[C@H](CCC[C@H](NC(=O)CC[C@H](N)C(=O)O)C(=O)O)C(=O)O. The van der Waals surface area contributed by atoms with Gasteiger partial charge in [-0.25, -0.2) is 4.79 Å². The molecule has 126 valence electrons. The number of amides is 1. The molecule has 0 aromatic rings. The lowest BCUT2D eigenvalue weighted by Crippen LogP contribution is -2.42. The van der Waals surface area contributed by atoms with Crippen LogP contribution in [0.4, 0.5) is 0 Å². The van der Waals surface area contributed by atoms with Crippen LogP contribution in [0.1, 0.15) is 32.1 Å². The van der Waals surface area contributed by atoms with E-state index in [4.69, 9.17) is 26.8 Å². The molecule has 10 nitrogen and oxygen atoms in total. The molecular formula is C12H21N3O7. The number of rotatable bonds is 11. The maximum atomic E-state index is 11.5. The van der Waals surface area contributed by atoms with Gasteiger partial charge in [0.15, 0.2) is 0 Å². The highest BCUT2D eigenvalue weighted by atomic mass is 16.4. The summed E-state index contributed by atoms with van der Waals surface area (Å²) in [7, 11) is 0. The van der Waals surface area contributed by atoms with Gasteiger partial charge in [0.05, 0.1) is 0 Å². The molecule has 0 bridgehead atoms. The van der Waals surface area contributed by atoms with Gasteiger partial charge in [-0.1, -0.05) is 0 Å². The average Bonchev–Trinajstić information content (AvgIpc) is 2.42. The van der Waals surface area contributed by atoms with Crippen molar-refractivity contribution < 1.29 is 34.5 Å². The van der Waals surface area contributed by atoms with Gasteiger partial charge in [0.1, 0.15) is 18.1 Å². The Hall–Kier alpha value is -2.20. The minimum Gasteiger partial charge on any atom is -0.480 e. The molecule has 8 N–H and O–H groups in total. The number of hydrogen-bond donors (Lipinski definition) is 6. The zero-order valence-corrected chi connectivity index (χ0v) is 11.9. The first-order valence-electron chi connectivity index (χ1n) is 6.64. The standard InChI is InChI=1S/C12H21N3O7/c13-6(10(17)18)2-1-3-8(12(21)22)15-9(16)5-4-7(14)11(19)20/h6-8H,1-5,13-14H2,(H,15,16)(H,17,18)(H,19,20)(H,21,22)/t6-,7+,8+/m1/s1. The number of hydrogen-bond acceptors (Lipinski definition) is 6. The summed E-state index contributed by atoms with van der Waals surface area (Å²) in [4.78, 5) is 43.6. The lowest BCUT2D eigenvalue weighted by Gasteiger charge is -2.15. The van der Waals surface area contributed by atoms with Gasteiger partial charge in [-0.05, 0) is 25.7 Å². The van der Waals surface area contributed by atoms with Gasteiger partial charge in [0, 0.05) is 6.42 Å². The maximum absolute atomic E-state index is 11.5. The molecule has 0 aromatic carbocycles. The third kappa shape index (κ3) is 8.17. The van der Waals surface area contributed by atoms with Crippen molar-refractivity contribution in [1.82, 2.24) is 5.32 Å². The van der Waals surface area contributed by atoms with E-state index in [2.05, 4.69) is 5.32 Å². The summed E-state index contributed by atoms with van der Waals surface area (Å²) in [5, 5.41) is 28.4. The molecule has 0 radical (unpaired) electrons. The molecule has 3 atom stereocenters. The minimum absolute atomic E-state index is 0.0209. The van der Waals surface area contributed by atoms with Crippen molar-refractivity contribution in [2.75, 3.05) is 0 Å². The highest BCUT2D eigenvalue weighted by molar-refractivity contribution is 5.84. The third-order valence-electron chi connectivity index (χ3n) is 2.96. The summed E-state index contributed by atoms with van der Waals surface area (Å²) in [6.07, 6.45) is -0.0193. The Kier molecular flexibility index (Phi) is 8.72. The van der Waals surface area contributed by atoms with E-state index in [1.807, 2.05) is 0 Å². The van der Waals surface area contributed by atoms with E-state index >= 15 is 0 Å². The lowest BCUT2D eigenvalue weighted by molar-refractivity contribution is -0.142. The van der Waals surface area contributed by atoms with E-state index in [1.165, 1.54) is 0 Å². The topological polar surface area (TPSA) is 193 Å². The molecule has 0 saturated carbocycles. The number of carbonyl (C=O) groups excluding carboxylic acids is 1. The average molecular weight is 319 g/mol. The Balaban J connectivity index is 4.23. The van der Waals surface area contributed by atoms with Gasteiger partial charge in [-0.15, -0.1) is 0 Å². The molecule has 0 aliphatic rings. The summed E-state index contributed by atoms with van der Waals surface area (Å²) in [5.74, 6) is -4.32. The van der Waals surface area contributed by atoms with Crippen LogP contribution in [0.5, 0.6) is 0 Å². The summed E-state index contributed by atoms with van der Waals surface area (Å²) in [6, 6.07) is -3.46. The molecule has 0 saturated heterocycles. The highest BCUT2D eigenvalue weighted by Gasteiger charge is 2.22. The van der Waals surface area contributed by atoms with Crippen LogP contribution in [0.25, 0.3) is 0 Å². The van der Waals surface area contributed by atoms with Gasteiger partial charge >= 0.3 is 17.9 Å². The van der Waals surface area contributed by atoms with Crippen molar-refractivity contribution >= 4 is 23.8 Å². The molecule has 22 heavy (non-hydrogen) atoms. The van der Waals surface area contributed by atoms with E-state index < -0.39 is 41.9 Å². The first-order chi connectivity index (χ1) is 10.1. The van der Waals surface area contributed by atoms with Crippen LogP contribution in [0.2, 0.25) is 0 Å². The monoisotopic (exact) mass is 319 g/mol. The highest BCUT2D eigenvalue weighted by Crippen LogP contribution is 2.05. The number of nitrogens with one attached hydrogen (secondary N) is 1. The zero-order valence-electron chi connectivity index (χ0n) is 11.9. The van der Waals surface area contributed by atoms with Crippen LogP contribution in [0.15, 0.2) is 0 Å². The molecule has 0 rings (SSSR count). The smallest absolute Gasteiger partial charge is 0.326 e. The Morgan fingerprint density at radius 3 is 1.77 bits per heavy atom. The Labute approximate surface area is 126 Å². The van der Waals surface area contributed by atoms with Crippen LogP contribution in [-0.2, 0) is 19.2 Å². The molecule has 1 amide bonds. The van der Waals surface area contributed by atoms with Gasteiger partial charge in [0.25, 0.3) is 0 Å². The number of nitrogens with two attached hydrogens (primary N) is 2. The Morgan fingerprint density at radius 1 is 0.818 bits per heavy atom. The fourth-order valence-electron chi connectivity index (χ4n) is 1.60. The maximum Gasteiger partial charge on any atom is 0.326 e. The first kappa shape index (κ1) is 19.8. The fraction of sp³-hybridized carbons (Fsp3) is 0.667. The van der Waals surface area contributed by atoms with Crippen molar-refractivity contribution in [3.63, 3.8) is 0 Å². The van der Waals surface area contributed by atoms with Crippen LogP contribution < -0.4 is 16.8 Å². The molecule has 10 heteroatoms. The molecule has 0 spiro atoms. The Bertz CT molecular complexity index is 427. The van der Waals surface area contributed by atoms with Crippen LogP contribution >= 0.6 is 0 Å². The van der Waals surface area contributed by atoms with E-state index in [9.17, 15) is 19.2 Å². The predicted molar refractivity (Wildman–Crippen MR) is 73.9 cm³/mol. The summed E-state index contributed by atoms with van der Waals surface area (Å²) >= 11 is 0. The molecule has 0 aliphatic heterocycles. The van der Waals surface area contributed by atoms with Gasteiger partial charge in [-0.3, -0.25) is 14.4 Å². The van der Waals surface area contributed by atoms with Crippen molar-refractivity contribution in [3.05, 3.63) is 0 Å². The zero-order chi connectivity index (χ0) is 17.3. The molecule has 0 aliphatic carbocycles. The van der Waals surface area contributed by atoms with E-state index in [0.29, 0.717) is 0 Å². The minimum atomic E-state index is -1.26. The van der Waals surface area contributed by atoms with Gasteiger partial charge in [-0.2, -0.15) is 0 Å². The summed E-state index contributed by atoms with van der Waals surface area (Å²) < 4.78 is 0. The van der Waals surface area contributed by atoms with Gasteiger partial charge in [0.2, 0.25) is 5.91 Å². The summed E-state index contributed by atoms with van der Waals surface area (Å²) in [5.41, 5.74) is 10.5. The number of carboxylic acid groups (broad SMARTS) is 3. The normalized spacial score (nSPS) is 14.6. The second-order valence-corrected chi connectivity index (χ2v) is 4.82.